The summed E-state index contributed by atoms with van der Waals surface area (Å²) in [5.74, 6) is -2.28. The predicted octanol–water partition coefficient (Wildman–Crippen LogP) is 2.64. The first-order chi connectivity index (χ1) is 21.5. The molecule has 0 aliphatic carbocycles. The summed E-state index contributed by atoms with van der Waals surface area (Å²) < 4.78 is 42.0. The van der Waals surface area contributed by atoms with Crippen LogP contribution in [0.2, 0.25) is 0 Å². The van der Waals surface area contributed by atoms with E-state index in [1.807, 2.05) is 4.98 Å². The van der Waals surface area contributed by atoms with E-state index < -0.39 is 74.1 Å². The number of ether oxygens (including phenoxy) is 4. The van der Waals surface area contributed by atoms with Crippen LogP contribution in [0, 0.1) is 0 Å². The minimum absolute atomic E-state index is 0.0156. The highest BCUT2D eigenvalue weighted by atomic mass is 31.1. The molecular formula is C26H32N6O12P+. The van der Waals surface area contributed by atoms with Gasteiger partial charge >= 0.3 is 31.8 Å². The molecule has 0 amide bonds. The zero-order valence-electron chi connectivity index (χ0n) is 24.8. The van der Waals surface area contributed by atoms with Crippen molar-refractivity contribution in [3.63, 3.8) is 0 Å². The van der Waals surface area contributed by atoms with Crippen molar-refractivity contribution in [3.05, 3.63) is 73.9 Å². The Balaban J connectivity index is 2.07. The molecule has 1 aromatic heterocycles. The Hall–Kier alpha value is -4.60. The summed E-state index contributed by atoms with van der Waals surface area (Å²) in [7, 11) is -3.13. The van der Waals surface area contributed by atoms with Gasteiger partial charge in [0, 0.05) is 30.0 Å². The molecule has 6 atom stereocenters. The lowest BCUT2D eigenvalue weighted by molar-refractivity contribution is -0.172. The maximum atomic E-state index is 13.6. The monoisotopic (exact) mass is 651 g/mol. The van der Waals surface area contributed by atoms with Crippen LogP contribution in [0.15, 0.2) is 57.3 Å². The van der Waals surface area contributed by atoms with Gasteiger partial charge < -0.3 is 23.8 Å². The number of benzene rings is 1. The fourth-order valence-corrected chi connectivity index (χ4v) is 4.98. The van der Waals surface area contributed by atoms with Crippen LogP contribution in [0.4, 0.5) is 0 Å². The molecule has 2 aromatic rings. The van der Waals surface area contributed by atoms with Gasteiger partial charge in [0.25, 0.3) is 5.56 Å². The van der Waals surface area contributed by atoms with Crippen molar-refractivity contribution in [3.8, 4) is 5.75 Å². The lowest BCUT2D eigenvalue weighted by Crippen LogP contribution is -2.49. The third kappa shape index (κ3) is 8.53. The molecule has 0 spiro atoms. The summed E-state index contributed by atoms with van der Waals surface area (Å²) in [5, 5.41) is 3.65. The molecule has 45 heavy (non-hydrogen) atoms. The van der Waals surface area contributed by atoms with Gasteiger partial charge in [-0.05, 0) is 36.1 Å². The highest BCUT2D eigenvalue weighted by molar-refractivity contribution is 7.36. The van der Waals surface area contributed by atoms with E-state index in [1.165, 1.54) is 32.9 Å². The molecule has 1 aromatic carbocycles. The first-order valence-electron chi connectivity index (χ1n) is 13.7. The fourth-order valence-electron chi connectivity index (χ4n) is 4.03. The summed E-state index contributed by atoms with van der Waals surface area (Å²) >= 11 is 0. The Morgan fingerprint density at radius 2 is 1.80 bits per heavy atom. The van der Waals surface area contributed by atoms with E-state index in [0.717, 1.165) is 16.8 Å². The van der Waals surface area contributed by atoms with Crippen molar-refractivity contribution >= 4 is 26.1 Å². The third-order valence-corrected chi connectivity index (χ3v) is 7.34. The number of H-pyrrole nitrogens is 1. The molecule has 1 fully saturated rings. The highest BCUT2D eigenvalue weighted by Crippen LogP contribution is 2.44. The maximum absolute atomic E-state index is 13.6. The Labute approximate surface area is 256 Å². The van der Waals surface area contributed by atoms with Gasteiger partial charge in [-0.2, -0.15) is 0 Å². The number of azide groups is 1. The molecular weight excluding hydrogens is 619 g/mol. The quantitative estimate of drug-likeness (QED) is 0.0556. The number of aromatic amines is 1. The lowest BCUT2D eigenvalue weighted by Gasteiger charge is -2.28. The summed E-state index contributed by atoms with van der Waals surface area (Å²) in [6.45, 7) is 4.94. The van der Waals surface area contributed by atoms with Crippen molar-refractivity contribution in [1.82, 2.24) is 14.4 Å². The number of nitrogens with one attached hydrogen (secondary N) is 1. The van der Waals surface area contributed by atoms with Gasteiger partial charge in [0.1, 0.15) is 11.4 Å². The highest BCUT2D eigenvalue weighted by Gasteiger charge is 2.62. The standard InChI is InChI=1S/C26H31N6O12P/c1-5-19(34)41-21-22(42-20(35)6-2)26(29-30-27,43-23(21)31-14-13-18(33)28-25(31)37)15-40-45(38)32(16(4)24(36)39-7-3)44-17-11-9-8-10-12-17/h8-14,16,21-23H,5-7,15H2,1-4H3/p+1/t16?,21-,22+,23-,26-/m1/s1. The second-order valence-corrected chi connectivity index (χ2v) is 10.4. The number of carbonyl (C=O) groups is 3. The van der Waals surface area contributed by atoms with Crippen LogP contribution in [0.1, 0.15) is 46.8 Å². The molecule has 2 heterocycles. The van der Waals surface area contributed by atoms with Gasteiger partial charge in [0.05, 0.1) is 6.61 Å². The fraction of sp³-hybridized carbons (Fsp3) is 0.500. The molecule has 1 aliphatic heterocycles. The molecule has 1 N–H and O–H groups in total. The molecule has 19 heteroatoms. The van der Waals surface area contributed by atoms with Crippen LogP contribution in [0.25, 0.3) is 10.4 Å². The number of hydroxylamine groups is 1. The van der Waals surface area contributed by atoms with E-state index in [-0.39, 0.29) is 25.2 Å². The second kappa shape index (κ2) is 15.9. The van der Waals surface area contributed by atoms with Crippen molar-refractivity contribution in [1.29, 1.82) is 0 Å². The van der Waals surface area contributed by atoms with E-state index in [4.69, 9.17) is 28.3 Å². The van der Waals surface area contributed by atoms with Gasteiger partial charge in [0.15, 0.2) is 30.2 Å². The SMILES string of the molecule is CCOC(=O)C(C)N(Oc1ccccc1)[P+](=O)OC[C@@]1(N=[N+]=[N-])O[C@@H](n2ccc(=O)[nH]c2=O)[C@H](OC(=O)CC)[C@@H]1OC(=O)CC. The average Bonchev–Trinajstić information content (AvgIpc) is 3.30. The van der Waals surface area contributed by atoms with Gasteiger partial charge in [-0.15, -0.1) is 4.52 Å². The van der Waals surface area contributed by atoms with Crippen LogP contribution < -0.4 is 16.1 Å². The van der Waals surface area contributed by atoms with Gasteiger partial charge in [-0.1, -0.05) is 37.2 Å². The van der Waals surface area contributed by atoms with Crippen LogP contribution >= 0.6 is 8.18 Å². The predicted molar refractivity (Wildman–Crippen MR) is 152 cm³/mol. The molecule has 3 rings (SSSR count). The molecule has 242 valence electrons. The first kappa shape index (κ1) is 34.9. The van der Waals surface area contributed by atoms with E-state index in [2.05, 4.69) is 10.0 Å². The summed E-state index contributed by atoms with van der Waals surface area (Å²) in [5.41, 5.74) is 5.39. The molecule has 2 unspecified atom stereocenters. The zero-order chi connectivity index (χ0) is 33.1. The van der Waals surface area contributed by atoms with Crippen molar-refractivity contribution in [2.45, 2.75) is 70.7 Å². The summed E-state index contributed by atoms with van der Waals surface area (Å²) in [4.78, 5) is 73.2. The molecule has 0 radical (unpaired) electrons. The number of esters is 3. The number of hydrogen-bond acceptors (Lipinski definition) is 13. The van der Waals surface area contributed by atoms with Crippen LogP contribution in [0.3, 0.4) is 0 Å². The number of carbonyl (C=O) groups excluding carboxylic acids is 3. The molecule has 18 nitrogen and oxygen atoms in total. The Kier molecular flexibility index (Phi) is 12.3. The van der Waals surface area contributed by atoms with Gasteiger partial charge in [-0.3, -0.25) is 28.7 Å². The number of para-hydroxylation sites is 1. The Morgan fingerprint density at radius 1 is 1.13 bits per heavy atom. The van der Waals surface area contributed by atoms with Crippen LogP contribution in [-0.4, -0.2) is 69.5 Å². The van der Waals surface area contributed by atoms with E-state index in [0.29, 0.717) is 4.83 Å². The maximum Gasteiger partial charge on any atom is 0.653 e. The number of rotatable bonds is 15. The summed E-state index contributed by atoms with van der Waals surface area (Å²) in [6, 6.07) is 7.70. The molecule has 1 saturated heterocycles. The molecule has 1 aliphatic rings. The topological polar surface area (TPSA) is 231 Å². The molecule has 0 bridgehead atoms. The Bertz CT molecular complexity index is 1540. The van der Waals surface area contributed by atoms with Crippen molar-refractivity contribution < 1.29 is 47.3 Å². The minimum atomic E-state index is -3.13. The van der Waals surface area contributed by atoms with E-state index in [1.54, 1.807) is 25.1 Å². The van der Waals surface area contributed by atoms with Crippen LogP contribution in [0.5, 0.6) is 5.75 Å². The smallest absolute Gasteiger partial charge is 0.465 e. The number of nitrogens with zero attached hydrogens (tertiary/aromatic N) is 5. The molecule has 0 saturated carbocycles. The second-order valence-electron chi connectivity index (χ2n) is 9.28. The first-order valence-corrected chi connectivity index (χ1v) is 14.9. The largest absolute Gasteiger partial charge is 0.653 e. The summed E-state index contributed by atoms with van der Waals surface area (Å²) in [6.07, 6.45) is -4.31. The number of aromatic nitrogens is 2. The third-order valence-electron chi connectivity index (χ3n) is 6.24. The van der Waals surface area contributed by atoms with Crippen molar-refractivity contribution in [2.75, 3.05) is 13.2 Å². The van der Waals surface area contributed by atoms with Gasteiger partial charge in [0.2, 0.25) is 5.72 Å². The minimum Gasteiger partial charge on any atom is -0.465 e. The number of hydrogen-bond donors (Lipinski definition) is 1. The van der Waals surface area contributed by atoms with Crippen molar-refractivity contribution in [2.24, 2.45) is 5.11 Å². The zero-order valence-corrected chi connectivity index (χ0v) is 25.7. The lowest BCUT2D eigenvalue weighted by atomic mass is 10.0. The average molecular weight is 652 g/mol. The normalized spacial score (nSPS) is 21.7. The van der Waals surface area contributed by atoms with Crippen LogP contribution in [-0.2, 0) is 42.4 Å². The Morgan fingerprint density at radius 3 is 2.40 bits per heavy atom. The van der Waals surface area contributed by atoms with Gasteiger partial charge in [-0.25, -0.2) is 4.79 Å². The van der Waals surface area contributed by atoms with E-state index in [9.17, 15) is 34.1 Å². The van der Waals surface area contributed by atoms with E-state index >= 15 is 0 Å².